The van der Waals surface area contributed by atoms with Crippen LogP contribution in [0.1, 0.15) is 386 Å². The quantitative estimate of drug-likeness (QED) is 0.0264. The van der Waals surface area contributed by atoms with Crippen LogP contribution in [0.3, 0.4) is 0 Å². The predicted octanol–water partition coefficient (Wildman–Crippen LogP) is 25.0. The molecule has 0 spiro atoms. The second kappa shape index (κ2) is 72.8. The van der Waals surface area contributed by atoms with Gasteiger partial charge in [0.25, 0.3) is 0 Å². The first kappa shape index (κ1) is 84.7. The third-order valence-electron chi connectivity index (χ3n) is 16.9. The molecule has 0 saturated heterocycles. The van der Waals surface area contributed by atoms with Gasteiger partial charge >= 0.3 is 19.8 Å². The van der Waals surface area contributed by atoms with Gasteiger partial charge in [0.2, 0.25) is 0 Å². The molecule has 2 atom stereocenters. The van der Waals surface area contributed by atoms with Crippen LogP contribution in [0.5, 0.6) is 0 Å². The number of allylic oxidation sites excluding steroid dienone is 10. The van der Waals surface area contributed by atoms with Gasteiger partial charge in [-0.3, -0.25) is 18.6 Å². The zero-order chi connectivity index (χ0) is 63.0. The summed E-state index contributed by atoms with van der Waals surface area (Å²) in [5.41, 5.74) is 5.41. The minimum Gasteiger partial charge on any atom is -0.462 e. The fourth-order valence-electron chi connectivity index (χ4n) is 11.3. The molecule has 0 aromatic carbocycles. The minimum atomic E-state index is -4.39. The van der Waals surface area contributed by atoms with Gasteiger partial charge in [0.15, 0.2) is 6.10 Å². The van der Waals surface area contributed by atoms with Crippen LogP contribution in [0.4, 0.5) is 0 Å². The van der Waals surface area contributed by atoms with Crippen molar-refractivity contribution < 1.29 is 37.6 Å². The van der Waals surface area contributed by atoms with E-state index >= 15 is 0 Å². The summed E-state index contributed by atoms with van der Waals surface area (Å²) >= 11 is 0. The molecule has 510 valence electrons. The fraction of sp³-hybridized carbons (Fsp3) is 0.844. The van der Waals surface area contributed by atoms with E-state index in [1.54, 1.807) is 0 Å². The van der Waals surface area contributed by atoms with Crippen LogP contribution in [0, 0.1) is 0 Å². The number of hydrogen-bond donors (Lipinski definition) is 2. The lowest BCUT2D eigenvalue weighted by atomic mass is 10.0. The maximum atomic E-state index is 12.8. The Hall–Kier alpha value is -2.29. The van der Waals surface area contributed by atoms with Crippen LogP contribution in [0.15, 0.2) is 60.8 Å². The zero-order valence-corrected chi connectivity index (χ0v) is 58.4. The van der Waals surface area contributed by atoms with Crippen molar-refractivity contribution >= 4 is 19.8 Å². The lowest BCUT2D eigenvalue weighted by Crippen LogP contribution is -2.29. The van der Waals surface area contributed by atoms with E-state index < -0.39 is 26.5 Å². The van der Waals surface area contributed by atoms with Gasteiger partial charge in [-0.25, -0.2) is 4.57 Å². The number of phosphoric ester groups is 1. The monoisotopic (exact) mass is 1240 g/mol. The molecule has 0 aromatic heterocycles. The Bertz CT molecular complexity index is 1610. The highest BCUT2D eigenvalue weighted by molar-refractivity contribution is 7.47. The van der Waals surface area contributed by atoms with Crippen molar-refractivity contribution in [2.45, 2.75) is 392 Å². The average Bonchev–Trinajstić information content (AvgIpc) is 3.63. The SMILES string of the molecule is CCCCCCC/C=C\C/C=C\C/C=C\CCCCCCCCCCCCCCCCC(=O)OC(COC(=O)CCCCCCCCCCCCCCCCCCCCCCCCCCC/C=C\C/C=C\CCCCCCC)COP(=O)(O)OCCN. The number of phosphoric acid groups is 1. The first-order valence-electron chi connectivity index (χ1n) is 37.8. The van der Waals surface area contributed by atoms with Gasteiger partial charge in [-0.15, -0.1) is 0 Å². The maximum Gasteiger partial charge on any atom is 0.472 e. The summed E-state index contributed by atoms with van der Waals surface area (Å²) in [4.78, 5) is 35.4. The van der Waals surface area contributed by atoms with Crippen molar-refractivity contribution in [3.63, 3.8) is 0 Å². The van der Waals surface area contributed by atoms with E-state index in [9.17, 15) is 19.0 Å². The summed E-state index contributed by atoms with van der Waals surface area (Å²) in [5.74, 6) is -0.809. The lowest BCUT2D eigenvalue weighted by Gasteiger charge is -2.19. The first-order chi connectivity index (χ1) is 42.8. The summed E-state index contributed by atoms with van der Waals surface area (Å²) < 4.78 is 33.2. The highest BCUT2D eigenvalue weighted by Crippen LogP contribution is 2.43. The molecule has 0 aromatic rings. The molecule has 0 amide bonds. The predicted molar refractivity (Wildman–Crippen MR) is 376 cm³/mol. The van der Waals surface area contributed by atoms with Gasteiger partial charge < -0.3 is 20.1 Å². The smallest absolute Gasteiger partial charge is 0.462 e. The molecule has 0 bridgehead atoms. The van der Waals surface area contributed by atoms with Crippen LogP contribution in [0.25, 0.3) is 0 Å². The Morgan fingerprint density at radius 3 is 0.885 bits per heavy atom. The number of ether oxygens (including phenoxy) is 2. The molecule has 0 aliphatic heterocycles. The van der Waals surface area contributed by atoms with Crippen molar-refractivity contribution in [2.75, 3.05) is 26.4 Å². The minimum absolute atomic E-state index is 0.0542. The van der Waals surface area contributed by atoms with Gasteiger partial charge in [-0.1, -0.05) is 351 Å². The van der Waals surface area contributed by atoms with Gasteiger partial charge in [-0.05, 0) is 83.5 Å². The molecular weight excluding hydrogens is 1100 g/mol. The second-order valence-electron chi connectivity index (χ2n) is 25.5. The zero-order valence-electron chi connectivity index (χ0n) is 57.5. The van der Waals surface area contributed by atoms with E-state index in [0.29, 0.717) is 6.42 Å². The molecule has 0 rings (SSSR count). The Labute approximate surface area is 539 Å². The molecule has 0 aliphatic rings. The van der Waals surface area contributed by atoms with Crippen molar-refractivity contribution in [3.8, 4) is 0 Å². The van der Waals surface area contributed by atoms with E-state index in [1.807, 2.05) is 0 Å². The molecule has 0 fully saturated rings. The molecule has 0 aliphatic carbocycles. The van der Waals surface area contributed by atoms with Crippen LogP contribution in [0.2, 0.25) is 0 Å². The molecular formula is C77H144NO8P. The number of rotatable bonds is 72. The summed E-state index contributed by atoms with van der Waals surface area (Å²) in [6.07, 6.45) is 94.8. The highest BCUT2D eigenvalue weighted by atomic mass is 31.2. The van der Waals surface area contributed by atoms with E-state index in [4.69, 9.17) is 24.3 Å². The number of unbranched alkanes of at least 4 members (excludes halogenated alkanes) is 49. The first-order valence-corrected chi connectivity index (χ1v) is 39.3. The van der Waals surface area contributed by atoms with E-state index in [1.165, 1.54) is 295 Å². The maximum absolute atomic E-state index is 12.8. The molecule has 10 heteroatoms. The fourth-order valence-corrected chi connectivity index (χ4v) is 12.0. The molecule has 0 heterocycles. The summed E-state index contributed by atoms with van der Waals surface area (Å²) in [7, 11) is -4.39. The van der Waals surface area contributed by atoms with E-state index in [2.05, 4.69) is 74.6 Å². The Morgan fingerprint density at radius 1 is 0.345 bits per heavy atom. The summed E-state index contributed by atoms with van der Waals surface area (Å²) in [6.45, 7) is 3.78. The van der Waals surface area contributed by atoms with Gasteiger partial charge in [0.1, 0.15) is 6.61 Å². The standard InChI is InChI=1S/C77H144NO8P/c1-3-5-7-9-11-13-15-17-19-21-23-25-27-29-31-33-34-35-36-37-38-39-40-42-43-45-47-49-51-53-55-57-59-61-63-65-67-69-76(79)83-73-75(74-85-87(81,82)84-72-71-78)86-77(80)70-68-66-64-62-60-58-56-54-52-50-48-46-44-41-32-30-28-26-24-22-20-18-16-14-12-10-8-6-4-2/h15-18,21-24,28,30,75H,3-14,19-20,25-27,29,31-74,78H2,1-2H3,(H,81,82)/b17-15-,18-16-,23-21-,24-22-,30-28-. The number of hydrogen-bond acceptors (Lipinski definition) is 8. The van der Waals surface area contributed by atoms with E-state index in [0.717, 1.165) is 57.8 Å². The van der Waals surface area contributed by atoms with Gasteiger partial charge in [0.05, 0.1) is 13.2 Å². The van der Waals surface area contributed by atoms with Crippen molar-refractivity contribution in [2.24, 2.45) is 5.73 Å². The molecule has 0 saturated carbocycles. The molecule has 3 N–H and O–H groups in total. The number of nitrogens with two attached hydrogens (primary N) is 1. The molecule has 2 unspecified atom stereocenters. The lowest BCUT2D eigenvalue weighted by molar-refractivity contribution is -0.161. The normalized spacial score (nSPS) is 13.2. The summed E-state index contributed by atoms with van der Waals surface area (Å²) in [5, 5.41) is 0. The van der Waals surface area contributed by atoms with Crippen LogP contribution in [-0.4, -0.2) is 49.3 Å². The van der Waals surface area contributed by atoms with Crippen molar-refractivity contribution in [1.82, 2.24) is 0 Å². The van der Waals surface area contributed by atoms with Gasteiger partial charge in [-0.2, -0.15) is 0 Å². The van der Waals surface area contributed by atoms with Crippen molar-refractivity contribution in [1.29, 1.82) is 0 Å². The van der Waals surface area contributed by atoms with Crippen LogP contribution < -0.4 is 5.73 Å². The topological polar surface area (TPSA) is 134 Å². The summed E-state index contributed by atoms with van der Waals surface area (Å²) in [6, 6.07) is 0. The van der Waals surface area contributed by atoms with Crippen LogP contribution >= 0.6 is 7.82 Å². The number of esters is 2. The van der Waals surface area contributed by atoms with E-state index in [-0.39, 0.29) is 38.6 Å². The number of carbonyl (C=O) groups is 2. The number of carbonyl (C=O) groups excluding carboxylic acids is 2. The Kier molecular flexibility index (Phi) is 70.9. The third-order valence-corrected chi connectivity index (χ3v) is 17.9. The molecule has 9 nitrogen and oxygen atoms in total. The molecule has 87 heavy (non-hydrogen) atoms. The Balaban J connectivity index is 3.79. The second-order valence-corrected chi connectivity index (χ2v) is 27.0. The van der Waals surface area contributed by atoms with Crippen molar-refractivity contribution in [3.05, 3.63) is 60.8 Å². The average molecular weight is 1240 g/mol. The largest absolute Gasteiger partial charge is 0.472 e. The van der Waals surface area contributed by atoms with Crippen LogP contribution in [-0.2, 0) is 32.7 Å². The highest BCUT2D eigenvalue weighted by Gasteiger charge is 2.26. The Morgan fingerprint density at radius 2 is 0.598 bits per heavy atom. The van der Waals surface area contributed by atoms with Gasteiger partial charge in [0, 0.05) is 19.4 Å². The third kappa shape index (κ3) is 72.6. The molecule has 0 radical (unpaired) electrons.